The molecule has 4 heteroatoms. The molecular weight excluding hydrogens is 230 g/mol. The van der Waals surface area contributed by atoms with Crippen LogP contribution in [0.5, 0.6) is 0 Å². The number of hydrogen-bond donors (Lipinski definition) is 0. The molecule has 0 bridgehead atoms. The highest BCUT2D eigenvalue weighted by atomic mass is 32.1. The second-order valence-electron chi connectivity index (χ2n) is 5.27. The Morgan fingerprint density at radius 2 is 2.29 bits per heavy atom. The summed E-state index contributed by atoms with van der Waals surface area (Å²) in [6, 6.07) is 0.825. The zero-order valence-electron chi connectivity index (χ0n) is 10.6. The van der Waals surface area contributed by atoms with E-state index >= 15 is 0 Å². The van der Waals surface area contributed by atoms with E-state index in [1.54, 1.807) is 0 Å². The maximum atomic E-state index is 4.35. The fourth-order valence-electron chi connectivity index (χ4n) is 3.06. The molecule has 2 aliphatic heterocycles. The van der Waals surface area contributed by atoms with Gasteiger partial charge in [0.15, 0.2) is 0 Å². The summed E-state index contributed by atoms with van der Waals surface area (Å²) < 4.78 is 0. The molecule has 1 aromatic rings. The van der Waals surface area contributed by atoms with Gasteiger partial charge in [-0.25, -0.2) is 4.98 Å². The Kier molecular flexibility index (Phi) is 3.45. The number of hydrogen-bond acceptors (Lipinski definition) is 4. The normalized spacial score (nSPS) is 27.0. The van der Waals surface area contributed by atoms with Crippen molar-refractivity contribution in [1.82, 2.24) is 14.8 Å². The van der Waals surface area contributed by atoms with Crippen LogP contribution in [0, 0.1) is 6.92 Å². The molecule has 0 aliphatic carbocycles. The Morgan fingerprint density at radius 3 is 3.12 bits per heavy atom. The molecule has 2 saturated heterocycles. The SMILES string of the molecule is Cc1ncc(CN2CCN3CCCCC3C2)s1. The predicted molar refractivity (Wildman–Crippen MR) is 71.3 cm³/mol. The quantitative estimate of drug-likeness (QED) is 0.802. The molecule has 94 valence electrons. The van der Waals surface area contributed by atoms with Crippen molar-refractivity contribution in [1.29, 1.82) is 0 Å². The lowest BCUT2D eigenvalue weighted by molar-refractivity contribution is 0.0461. The van der Waals surface area contributed by atoms with Crippen LogP contribution in [-0.2, 0) is 6.54 Å². The second-order valence-corrected chi connectivity index (χ2v) is 6.59. The highest BCUT2D eigenvalue weighted by Gasteiger charge is 2.28. The highest BCUT2D eigenvalue weighted by molar-refractivity contribution is 7.11. The highest BCUT2D eigenvalue weighted by Crippen LogP contribution is 2.23. The van der Waals surface area contributed by atoms with E-state index in [-0.39, 0.29) is 0 Å². The molecule has 1 aromatic heterocycles. The van der Waals surface area contributed by atoms with E-state index in [2.05, 4.69) is 21.7 Å². The molecule has 0 spiro atoms. The third kappa shape index (κ3) is 2.69. The molecule has 1 atom stereocenters. The molecule has 0 aromatic carbocycles. The standard InChI is InChI=1S/C13H21N3S/c1-11-14-8-13(17-11)10-15-6-7-16-5-3-2-4-12(16)9-15/h8,12H,2-7,9-10H2,1H3. The summed E-state index contributed by atoms with van der Waals surface area (Å²) in [7, 11) is 0. The van der Waals surface area contributed by atoms with Crippen molar-refractivity contribution in [3.63, 3.8) is 0 Å². The van der Waals surface area contributed by atoms with E-state index in [0.717, 1.165) is 12.6 Å². The van der Waals surface area contributed by atoms with Crippen LogP contribution >= 0.6 is 11.3 Å². The van der Waals surface area contributed by atoms with Gasteiger partial charge in [-0.3, -0.25) is 9.80 Å². The van der Waals surface area contributed by atoms with Crippen LogP contribution in [0.15, 0.2) is 6.20 Å². The minimum Gasteiger partial charge on any atom is -0.298 e. The van der Waals surface area contributed by atoms with E-state index in [1.807, 2.05) is 17.5 Å². The zero-order valence-corrected chi connectivity index (χ0v) is 11.4. The molecule has 0 amide bonds. The lowest BCUT2D eigenvalue weighted by atomic mass is 9.99. The lowest BCUT2D eigenvalue weighted by Gasteiger charge is -2.43. The van der Waals surface area contributed by atoms with E-state index in [9.17, 15) is 0 Å². The topological polar surface area (TPSA) is 19.4 Å². The number of fused-ring (bicyclic) bond motifs is 1. The second kappa shape index (κ2) is 5.04. The average Bonchev–Trinajstić information content (AvgIpc) is 2.75. The first-order valence-corrected chi connectivity index (χ1v) is 7.50. The summed E-state index contributed by atoms with van der Waals surface area (Å²) in [6.07, 6.45) is 6.28. The van der Waals surface area contributed by atoms with E-state index in [4.69, 9.17) is 0 Å². The summed E-state index contributed by atoms with van der Waals surface area (Å²) in [5.74, 6) is 0. The average molecular weight is 251 g/mol. The minimum atomic E-state index is 0.825. The largest absolute Gasteiger partial charge is 0.298 e. The van der Waals surface area contributed by atoms with Gasteiger partial charge >= 0.3 is 0 Å². The van der Waals surface area contributed by atoms with E-state index in [0.29, 0.717) is 0 Å². The summed E-state index contributed by atoms with van der Waals surface area (Å²) in [4.78, 5) is 11.1. The van der Waals surface area contributed by atoms with Gasteiger partial charge in [-0.05, 0) is 26.3 Å². The first-order valence-electron chi connectivity index (χ1n) is 6.69. The number of aromatic nitrogens is 1. The van der Waals surface area contributed by atoms with Crippen molar-refractivity contribution in [2.45, 2.75) is 38.8 Å². The van der Waals surface area contributed by atoms with Gasteiger partial charge in [0.05, 0.1) is 5.01 Å². The van der Waals surface area contributed by atoms with Gasteiger partial charge < -0.3 is 0 Å². The third-order valence-electron chi connectivity index (χ3n) is 3.97. The minimum absolute atomic E-state index is 0.825. The molecule has 2 aliphatic rings. The monoisotopic (exact) mass is 251 g/mol. The van der Waals surface area contributed by atoms with Gasteiger partial charge in [-0.1, -0.05) is 6.42 Å². The number of aryl methyl sites for hydroxylation is 1. The van der Waals surface area contributed by atoms with Gasteiger partial charge in [0.2, 0.25) is 0 Å². The van der Waals surface area contributed by atoms with Crippen molar-refractivity contribution in [3.8, 4) is 0 Å². The number of rotatable bonds is 2. The van der Waals surface area contributed by atoms with Crippen molar-refractivity contribution < 1.29 is 0 Å². The Labute approximate surface area is 107 Å². The Hall–Kier alpha value is -0.450. The van der Waals surface area contributed by atoms with Gasteiger partial charge in [0.1, 0.15) is 0 Å². The van der Waals surface area contributed by atoms with E-state index in [1.165, 1.54) is 55.3 Å². The molecule has 2 fully saturated rings. The van der Waals surface area contributed by atoms with Gasteiger partial charge in [0, 0.05) is 43.3 Å². The van der Waals surface area contributed by atoms with Crippen LogP contribution in [0.3, 0.4) is 0 Å². The van der Waals surface area contributed by atoms with Gasteiger partial charge in [-0.2, -0.15) is 0 Å². The molecule has 3 heterocycles. The third-order valence-corrected chi connectivity index (χ3v) is 4.87. The Balaban J connectivity index is 1.58. The number of piperazine rings is 1. The number of nitrogens with zero attached hydrogens (tertiary/aromatic N) is 3. The molecule has 3 rings (SSSR count). The van der Waals surface area contributed by atoms with E-state index < -0.39 is 0 Å². The Morgan fingerprint density at radius 1 is 1.35 bits per heavy atom. The number of thiazole rings is 1. The molecule has 0 N–H and O–H groups in total. The summed E-state index contributed by atoms with van der Waals surface area (Å²) >= 11 is 1.84. The van der Waals surface area contributed by atoms with Crippen molar-refractivity contribution >= 4 is 11.3 Å². The summed E-state index contributed by atoms with van der Waals surface area (Å²) in [6.45, 7) is 8.29. The van der Waals surface area contributed by atoms with Crippen LogP contribution in [-0.4, -0.2) is 47.0 Å². The van der Waals surface area contributed by atoms with Gasteiger partial charge in [0.25, 0.3) is 0 Å². The van der Waals surface area contributed by atoms with Crippen LogP contribution < -0.4 is 0 Å². The van der Waals surface area contributed by atoms with Crippen LogP contribution in [0.1, 0.15) is 29.1 Å². The fourth-order valence-corrected chi connectivity index (χ4v) is 3.90. The van der Waals surface area contributed by atoms with Gasteiger partial charge in [-0.15, -0.1) is 11.3 Å². The maximum Gasteiger partial charge on any atom is 0.0897 e. The zero-order chi connectivity index (χ0) is 11.7. The molecular formula is C13H21N3S. The molecule has 0 saturated carbocycles. The van der Waals surface area contributed by atoms with Crippen LogP contribution in [0.4, 0.5) is 0 Å². The fraction of sp³-hybridized carbons (Fsp3) is 0.769. The van der Waals surface area contributed by atoms with Crippen LogP contribution in [0.2, 0.25) is 0 Å². The summed E-state index contributed by atoms with van der Waals surface area (Å²) in [5, 5.41) is 1.19. The molecule has 0 radical (unpaired) electrons. The molecule has 17 heavy (non-hydrogen) atoms. The van der Waals surface area contributed by atoms with Crippen molar-refractivity contribution in [3.05, 3.63) is 16.1 Å². The summed E-state index contributed by atoms with van der Waals surface area (Å²) in [5.41, 5.74) is 0. The maximum absolute atomic E-state index is 4.35. The predicted octanol–water partition coefficient (Wildman–Crippen LogP) is 2.12. The molecule has 1 unspecified atom stereocenters. The Bertz CT molecular complexity index is 376. The smallest absolute Gasteiger partial charge is 0.0897 e. The van der Waals surface area contributed by atoms with Crippen molar-refractivity contribution in [2.75, 3.05) is 26.2 Å². The van der Waals surface area contributed by atoms with Crippen LogP contribution in [0.25, 0.3) is 0 Å². The first-order chi connectivity index (χ1) is 8.31. The lowest BCUT2D eigenvalue weighted by Crippen LogP contribution is -2.54. The van der Waals surface area contributed by atoms with Crippen molar-refractivity contribution in [2.24, 2.45) is 0 Å². The first kappa shape index (κ1) is 11.6. The number of piperidine rings is 1. The molecule has 3 nitrogen and oxygen atoms in total.